The van der Waals surface area contributed by atoms with Gasteiger partial charge in [-0.15, -0.1) is 10.2 Å². The topological polar surface area (TPSA) is 83.4 Å². The van der Waals surface area contributed by atoms with Crippen molar-refractivity contribution < 1.29 is 9.59 Å². The highest BCUT2D eigenvalue weighted by Crippen LogP contribution is 2.34. The third-order valence-electron chi connectivity index (χ3n) is 4.57. The van der Waals surface area contributed by atoms with Gasteiger partial charge in [0.25, 0.3) is 0 Å². The van der Waals surface area contributed by atoms with E-state index in [0.29, 0.717) is 26.2 Å². The van der Waals surface area contributed by atoms with Crippen LogP contribution in [0.1, 0.15) is 24.7 Å². The fourth-order valence-corrected chi connectivity index (χ4v) is 3.81. The summed E-state index contributed by atoms with van der Waals surface area (Å²) in [6.45, 7) is 5.90. The molecule has 0 unspecified atom stereocenters. The monoisotopic (exact) mass is 388 g/mol. The van der Waals surface area contributed by atoms with E-state index in [9.17, 15) is 9.59 Å². The minimum absolute atomic E-state index is 0.0529. The number of nitrogens with one attached hydrogen (secondary N) is 1. The van der Waals surface area contributed by atoms with Crippen molar-refractivity contribution in [2.24, 2.45) is 7.05 Å². The predicted octanol–water partition coefficient (Wildman–Crippen LogP) is 2.36. The van der Waals surface area contributed by atoms with Crippen molar-refractivity contribution in [3.8, 4) is 0 Å². The molecule has 0 spiro atoms. The van der Waals surface area contributed by atoms with Crippen molar-refractivity contribution in [2.45, 2.75) is 24.3 Å². The molecule has 0 radical (unpaired) electrons. The number of thioether (sulfide) groups is 1. The predicted molar refractivity (Wildman–Crippen MR) is 105 cm³/mol. The first-order chi connectivity index (χ1) is 12.9. The van der Waals surface area contributed by atoms with Crippen LogP contribution in [0.2, 0.25) is 0 Å². The standard InChI is InChI=1S/C18H24N6O2S/c1-13(27-18-21-19-12-22(18)3)15-5-4-6-16(11-15)20-17(26)24-9-7-23(8-10-24)14(2)25/h4-6,11-13H,7-10H2,1-3H3,(H,20,26)/t13-/m0/s1. The summed E-state index contributed by atoms with van der Waals surface area (Å²) in [6, 6.07) is 7.70. The number of piperazine rings is 1. The SMILES string of the molecule is CC(=O)N1CCN(C(=O)Nc2cccc([C@H](C)Sc3nncn3C)c2)CC1. The number of anilines is 1. The molecule has 8 nitrogen and oxygen atoms in total. The van der Waals surface area contributed by atoms with Crippen LogP contribution in [-0.4, -0.2) is 62.7 Å². The Kier molecular flexibility index (Phi) is 6.00. The molecule has 1 aliphatic heterocycles. The van der Waals surface area contributed by atoms with Crippen LogP contribution >= 0.6 is 11.8 Å². The molecule has 2 aromatic rings. The van der Waals surface area contributed by atoms with Gasteiger partial charge in [0, 0.05) is 51.1 Å². The first-order valence-electron chi connectivity index (χ1n) is 8.86. The van der Waals surface area contributed by atoms with Crippen LogP contribution in [0.25, 0.3) is 0 Å². The average molecular weight is 388 g/mol. The first kappa shape index (κ1) is 19.2. The highest BCUT2D eigenvalue weighted by atomic mass is 32.2. The first-order valence-corrected chi connectivity index (χ1v) is 9.74. The number of hydrogen-bond acceptors (Lipinski definition) is 5. The normalized spacial score (nSPS) is 15.5. The summed E-state index contributed by atoms with van der Waals surface area (Å²) in [5.41, 5.74) is 1.86. The van der Waals surface area contributed by atoms with Crippen molar-refractivity contribution in [2.75, 3.05) is 31.5 Å². The lowest BCUT2D eigenvalue weighted by Gasteiger charge is -2.34. The number of aromatic nitrogens is 3. The second-order valence-corrected chi connectivity index (χ2v) is 7.84. The Hall–Kier alpha value is -2.55. The number of amides is 3. The van der Waals surface area contributed by atoms with Gasteiger partial charge in [-0.25, -0.2) is 4.79 Å². The fraction of sp³-hybridized carbons (Fsp3) is 0.444. The van der Waals surface area contributed by atoms with Crippen LogP contribution in [0.4, 0.5) is 10.5 Å². The number of nitrogens with zero attached hydrogens (tertiary/aromatic N) is 5. The molecule has 1 aliphatic rings. The lowest BCUT2D eigenvalue weighted by molar-refractivity contribution is -0.130. The Morgan fingerprint density at radius 1 is 1.19 bits per heavy atom. The van der Waals surface area contributed by atoms with Gasteiger partial charge in [0.15, 0.2) is 5.16 Å². The van der Waals surface area contributed by atoms with Gasteiger partial charge in [0.2, 0.25) is 5.91 Å². The zero-order chi connectivity index (χ0) is 19.4. The number of benzene rings is 1. The zero-order valence-corrected chi connectivity index (χ0v) is 16.6. The maximum atomic E-state index is 12.5. The van der Waals surface area contributed by atoms with Gasteiger partial charge in [0.1, 0.15) is 6.33 Å². The van der Waals surface area contributed by atoms with E-state index in [1.807, 2.05) is 35.9 Å². The Balaban J connectivity index is 1.59. The number of urea groups is 1. The molecule has 2 heterocycles. The van der Waals surface area contributed by atoms with Crippen molar-refractivity contribution in [1.82, 2.24) is 24.6 Å². The van der Waals surface area contributed by atoms with E-state index in [4.69, 9.17) is 0 Å². The van der Waals surface area contributed by atoms with Crippen LogP contribution < -0.4 is 5.32 Å². The third-order valence-corrected chi connectivity index (χ3v) is 5.78. The third kappa shape index (κ3) is 4.79. The van der Waals surface area contributed by atoms with E-state index < -0.39 is 0 Å². The molecule has 0 saturated carbocycles. The minimum Gasteiger partial charge on any atom is -0.339 e. The second-order valence-electron chi connectivity index (χ2n) is 6.53. The quantitative estimate of drug-likeness (QED) is 0.813. The Morgan fingerprint density at radius 2 is 1.89 bits per heavy atom. The van der Waals surface area contributed by atoms with Crippen molar-refractivity contribution in [3.05, 3.63) is 36.2 Å². The molecule has 0 bridgehead atoms. The molecule has 1 fully saturated rings. The molecule has 144 valence electrons. The van der Waals surface area contributed by atoms with Crippen molar-refractivity contribution in [3.63, 3.8) is 0 Å². The molecule has 1 N–H and O–H groups in total. The fourth-order valence-electron chi connectivity index (χ4n) is 2.90. The smallest absolute Gasteiger partial charge is 0.321 e. The summed E-state index contributed by atoms with van der Waals surface area (Å²) >= 11 is 1.62. The summed E-state index contributed by atoms with van der Waals surface area (Å²) < 4.78 is 1.88. The summed E-state index contributed by atoms with van der Waals surface area (Å²) in [5.74, 6) is 0.0529. The molecule has 3 amide bonds. The Labute approximate surface area is 162 Å². The number of carbonyl (C=O) groups excluding carboxylic acids is 2. The summed E-state index contributed by atoms with van der Waals surface area (Å²) in [6.07, 6.45) is 1.68. The average Bonchev–Trinajstić information content (AvgIpc) is 3.06. The van der Waals surface area contributed by atoms with E-state index in [1.165, 1.54) is 0 Å². The van der Waals surface area contributed by atoms with Gasteiger partial charge in [-0.05, 0) is 24.6 Å². The second kappa shape index (κ2) is 8.43. The van der Waals surface area contributed by atoms with Gasteiger partial charge in [-0.3, -0.25) is 4.79 Å². The van der Waals surface area contributed by atoms with E-state index in [-0.39, 0.29) is 17.2 Å². The van der Waals surface area contributed by atoms with Gasteiger partial charge in [0.05, 0.1) is 0 Å². The number of rotatable bonds is 4. The highest BCUT2D eigenvalue weighted by molar-refractivity contribution is 7.99. The lowest BCUT2D eigenvalue weighted by atomic mass is 10.1. The molecular formula is C18H24N6O2S. The highest BCUT2D eigenvalue weighted by Gasteiger charge is 2.22. The number of aryl methyl sites for hydroxylation is 1. The molecular weight excluding hydrogens is 364 g/mol. The zero-order valence-electron chi connectivity index (χ0n) is 15.8. The van der Waals surface area contributed by atoms with Gasteiger partial charge in [-0.2, -0.15) is 0 Å². The van der Waals surface area contributed by atoms with Crippen LogP contribution in [0.3, 0.4) is 0 Å². The number of carbonyl (C=O) groups is 2. The van der Waals surface area contributed by atoms with Crippen molar-refractivity contribution >= 4 is 29.4 Å². The Bertz CT molecular complexity index is 816. The lowest BCUT2D eigenvalue weighted by Crippen LogP contribution is -2.51. The summed E-state index contributed by atoms with van der Waals surface area (Å²) in [5, 5.41) is 12.0. The minimum atomic E-state index is -0.135. The Morgan fingerprint density at radius 3 is 2.52 bits per heavy atom. The molecule has 1 aromatic carbocycles. The summed E-state index contributed by atoms with van der Waals surface area (Å²) in [7, 11) is 1.91. The largest absolute Gasteiger partial charge is 0.339 e. The summed E-state index contributed by atoms with van der Waals surface area (Å²) in [4.78, 5) is 27.4. The van der Waals surface area contributed by atoms with E-state index in [2.05, 4.69) is 22.4 Å². The van der Waals surface area contributed by atoms with Crippen LogP contribution in [0, 0.1) is 0 Å². The maximum Gasteiger partial charge on any atom is 0.321 e. The van der Waals surface area contributed by atoms with Crippen molar-refractivity contribution in [1.29, 1.82) is 0 Å². The van der Waals surface area contributed by atoms with E-state index >= 15 is 0 Å². The van der Waals surface area contributed by atoms with Gasteiger partial charge < -0.3 is 19.7 Å². The maximum absolute atomic E-state index is 12.5. The molecule has 1 aromatic heterocycles. The number of hydrogen-bond donors (Lipinski definition) is 1. The molecule has 0 aliphatic carbocycles. The molecule has 1 atom stereocenters. The van der Waals surface area contributed by atoms with Crippen LogP contribution in [0.15, 0.2) is 35.7 Å². The van der Waals surface area contributed by atoms with Gasteiger partial charge >= 0.3 is 6.03 Å². The van der Waals surface area contributed by atoms with Gasteiger partial charge in [-0.1, -0.05) is 23.9 Å². The van der Waals surface area contributed by atoms with Crippen LogP contribution in [0.5, 0.6) is 0 Å². The molecule has 1 saturated heterocycles. The molecule has 27 heavy (non-hydrogen) atoms. The molecule has 3 rings (SSSR count). The van der Waals surface area contributed by atoms with Crippen LogP contribution in [-0.2, 0) is 11.8 Å². The van der Waals surface area contributed by atoms with E-state index in [0.717, 1.165) is 16.4 Å². The van der Waals surface area contributed by atoms with E-state index in [1.54, 1.807) is 34.8 Å². The molecule has 9 heteroatoms.